The van der Waals surface area contributed by atoms with Gasteiger partial charge in [0.1, 0.15) is 6.61 Å². The summed E-state index contributed by atoms with van der Waals surface area (Å²) in [6.07, 6.45) is 14.1. The predicted octanol–water partition coefficient (Wildman–Crippen LogP) is 9.45. The van der Waals surface area contributed by atoms with Gasteiger partial charge < -0.3 is 33.7 Å². The minimum atomic E-state index is -0.435. The van der Waals surface area contributed by atoms with E-state index in [0.717, 1.165) is 58.2 Å². The number of methoxy groups -OCH3 is 2. The Balaban J connectivity index is -0.000000865. The minimum Gasteiger partial charge on any atom is -0.466 e. The second-order valence-corrected chi connectivity index (χ2v) is 12.7. The molecule has 0 aliphatic carbocycles. The molecule has 0 atom stereocenters. The number of nitrogens with one attached hydrogen (secondary N) is 1. The maximum absolute atomic E-state index is 12.0. The fourth-order valence-corrected chi connectivity index (χ4v) is 5.05. The van der Waals surface area contributed by atoms with Crippen molar-refractivity contribution in [3.63, 3.8) is 0 Å². The zero-order valence-corrected chi connectivity index (χ0v) is 34.2. The molecule has 2 aromatic rings. The van der Waals surface area contributed by atoms with Gasteiger partial charge in [-0.25, -0.2) is 4.79 Å². The van der Waals surface area contributed by atoms with Crippen molar-refractivity contribution in [2.45, 2.75) is 112 Å². The molecule has 0 fully saturated rings. The average Bonchev–Trinajstić information content (AvgIpc) is 3.21. The zero-order chi connectivity index (χ0) is 39.6. The number of hydrogen-bond acceptors (Lipinski definition) is 10. The first-order valence-corrected chi connectivity index (χ1v) is 20.1. The molecule has 2 rings (SSSR count). The molecule has 0 saturated heterocycles. The smallest absolute Gasteiger partial charge is 0.330 e. The molecule has 0 amide bonds. The van der Waals surface area contributed by atoms with E-state index in [0.29, 0.717) is 46.1 Å². The minimum absolute atomic E-state index is 0. The Bertz CT molecular complexity index is 1090. The summed E-state index contributed by atoms with van der Waals surface area (Å²) in [5, 5.41) is 3.26. The van der Waals surface area contributed by atoms with Crippen LogP contribution in [-0.4, -0.2) is 104 Å². The third kappa shape index (κ3) is 40.5. The van der Waals surface area contributed by atoms with E-state index >= 15 is 0 Å². The lowest BCUT2D eigenvalue weighted by atomic mass is 10.1. The Kier molecular flexibility index (Phi) is 47.3. The second kappa shape index (κ2) is 46.3. The van der Waals surface area contributed by atoms with Crippen molar-refractivity contribution in [1.82, 2.24) is 10.2 Å². The molecule has 0 saturated carbocycles. The lowest BCUT2D eigenvalue weighted by Gasteiger charge is -2.19. The molecule has 0 unspecified atom stereocenters. The molecule has 10 nitrogen and oxygen atoms in total. The maximum atomic E-state index is 12.0. The SMILES string of the molecule is C.C.C=CC(=O)OCCOCCOCCOC.CCN(CCC(=O)OCCCCCCCCCCCCOC)Cc1ccccc1.CCNCc1ccccc1. The summed E-state index contributed by atoms with van der Waals surface area (Å²) in [4.78, 5) is 24.8. The van der Waals surface area contributed by atoms with Gasteiger partial charge in [-0.05, 0) is 37.1 Å². The molecular formula is C46H82N2O8. The van der Waals surface area contributed by atoms with E-state index in [4.69, 9.17) is 28.4 Å². The van der Waals surface area contributed by atoms with Crippen LogP contribution < -0.4 is 5.32 Å². The highest BCUT2D eigenvalue weighted by Gasteiger charge is 2.08. The molecule has 0 bridgehead atoms. The normalized spacial score (nSPS) is 10.2. The highest BCUT2D eigenvalue weighted by Crippen LogP contribution is 2.11. The zero-order valence-electron chi connectivity index (χ0n) is 34.2. The van der Waals surface area contributed by atoms with E-state index in [1.54, 1.807) is 14.2 Å². The molecule has 56 heavy (non-hydrogen) atoms. The van der Waals surface area contributed by atoms with E-state index in [2.05, 4.69) is 79.2 Å². The van der Waals surface area contributed by atoms with Gasteiger partial charge in [0.25, 0.3) is 0 Å². The Morgan fingerprint density at radius 2 is 1.11 bits per heavy atom. The quantitative estimate of drug-likeness (QED) is 0.0438. The number of rotatable bonds is 32. The molecule has 0 spiro atoms. The average molecular weight is 791 g/mol. The van der Waals surface area contributed by atoms with Crippen molar-refractivity contribution in [3.8, 4) is 0 Å². The molecule has 2 aromatic carbocycles. The highest BCUT2D eigenvalue weighted by molar-refractivity contribution is 5.81. The molecule has 10 heteroatoms. The van der Waals surface area contributed by atoms with E-state index in [9.17, 15) is 9.59 Å². The molecule has 324 valence electrons. The largest absolute Gasteiger partial charge is 0.466 e. The van der Waals surface area contributed by atoms with Crippen molar-refractivity contribution in [3.05, 3.63) is 84.4 Å². The predicted molar refractivity (Wildman–Crippen MR) is 233 cm³/mol. The lowest BCUT2D eigenvalue weighted by molar-refractivity contribution is -0.144. The fraction of sp³-hybridized carbons (Fsp3) is 0.652. The second-order valence-electron chi connectivity index (χ2n) is 12.7. The van der Waals surface area contributed by atoms with Gasteiger partial charge in [-0.1, -0.05) is 147 Å². The molecule has 0 aliphatic rings. The van der Waals surface area contributed by atoms with Crippen molar-refractivity contribution in [2.75, 3.05) is 86.7 Å². The van der Waals surface area contributed by atoms with Crippen LogP contribution in [0.5, 0.6) is 0 Å². The Hall–Kier alpha value is -3.12. The maximum Gasteiger partial charge on any atom is 0.330 e. The first-order valence-electron chi connectivity index (χ1n) is 20.1. The van der Waals surface area contributed by atoms with Gasteiger partial charge in [-0.3, -0.25) is 9.69 Å². The molecule has 0 radical (unpaired) electrons. The van der Waals surface area contributed by atoms with Gasteiger partial charge in [-0.15, -0.1) is 0 Å². The monoisotopic (exact) mass is 791 g/mol. The summed E-state index contributed by atoms with van der Waals surface area (Å²) in [5.41, 5.74) is 2.64. The van der Waals surface area contributed by atoms with Crippen LogP contribution in [0.2, 0.25) is 0 Å². The third-order valence-electron chi connectivity index (χ3n) is 8.20. The molecular weight excluding hydrogens is 709 g/mol. The van der Waals surface area contributed by atoms with Gasteiger partial charge in [0.15, 0.2) is 0 Å². The molecule has 0 heterocycles. The van der Waals surface area contributed by atoms with Crippen LogP contribution in [0, 0.1) is 0 Å². The van der Waals surface area contributed by atoms with Crippen LogP contribution in [0.1, 0.15) is 110 Å². The third-order valence-corrected chi connectivity index (χ3v) is 8.20. The van der Waals surface area contributed by atoms with Crippen LogP contribution in [-0.2, 0) is 51.1 Å². The summed E-state index contributed by atoms with van der Waals surface area (Å²) in [7, 11) is 3.39. The molecule has 1 N–H and O–H groups in total. The first kappa shape index (κ1) is 57.2. The number of carbonyl (C=O) groups is 2. The van der Waals surface area contributed by atoms with Crippen molar-refractivity contribution in [1.29, 1.82) is 0 Å². The van der Waals surface area contributed by atoms with Crippen molar-refractivity contribution >= 4 is 11.9 Å². The number of carbonyl (C=O) groups excluding carboxylic acids is 2. The Morgan fingerprint density at radius 3 is 1.61 bits per heavy atom. The number of nitrogens with zero attached hydrogens (tertiary/aromatic N) is 1. The summed E-state index contributed by atoms with van der Waals surface area (Å²) in [6, 6.07) is 20.8. The Labute approximate surface area is 343 Å². The van der Waals surface area contributed by atoms with E-state index in [-0.39, 0.29) is 27.4 Å². The highest BCUT2D eigenvalue weighted by atomic mass is 16.6. The molecule has 0 aromatic heterocycles. The van der Waals surface area contributed by atoms with Crippen molar-refractivity contribution < 1.29 is 38.0 Å². The van der Waals surface area contributed by atoms with Crippen LogP contribution in [0.4, 0.5) is 0 Å². The summed E-state index contributed by atoms with van der Waals surface area (Å²) >= 11 is 0. The van der Waals surface area contributed by atoms with E-state index in [1.165, 1.54) is 62.5 Å². The van der Waals surface area contributed by atoms with Gasteiger partial charge in [0.05, 0.1) is 46.1 Å². The number of unbranched alkanes of at least 4 members (excludes halogenated alkanes) is 9. The van der Waals surface area contributed by atoms with Gasteiger partial charge in [-0.2, -0.15) is 0 Å². The summed E-state index contributed by atoms with van der Waals surface area (Å²) < 4.78 is 30.2. The van der Waals surface area contributed by atoms with Gasteiger partial charge >= 0.3 is 11.9 Å². The van der Waals surface area contributed by atoms with E-state index in [1.807, 2.05) is 12.1 Å². The number of benzene rings is 2. The number of hydrogen-bond donors (Lipinski definition) is 1. The van der Waals surface area contributed by atoms with Crippen LogP contribution in [0.15, 0.2) is 73.3 Å². The summed E-state index contributed by atoms with van der Waals surface area (Å²) in [6.45, 7) is 16.3. The lowest BCUT2D eigenvalue weighted by Crippen LogP contribution is -2.26. The van der Waals surface area contributed by atoms with Crippen molar-refractivity contribution in [2.24, 2.45) is 0 Å². The van der Waals surface area contributed by atoms with Gasteiger partial charge in [0.2, 0.25) is 0 Å². The Morgan fingerprint density at radius 1 is 0.625 bits per heavy atom. The van der Waals surface area contributed by atoms with Crippen LogP contribution in [0.3, 0.4) is 0 Å². The standard InChI is InChI=1S/C25H43NO3.C10H18O5.C9H13N.2CH4/c1-3-26(23-24-17-13-12-14-18-24)20-19-25(27)29-22-16-11-9-7-5-4-6-8-10-15-21-28-2;1-3-10(11)15-9-8-14-7-6-13-5-4-12-2;1-2-10-8-9-6-4-3-5-7-9;;/h12-14,17-18H,3-11,15-16,19-23H2,1-2H3;3H,1,4-9H2,2H3;3-7,10H,2,8H2,1H3;2*1H4. The first-order chi connectivity index (χ1) is 26.5. The number of ether oxygens (including phenoxy) is 6. The molecule has 0 aliphatic heterocycles. The summed E-state index contributed by atoms with van der Waals surface area (Å²) in [5.74, 6) is -0.500. The number of esters is 2. The fourth-order valence-electron chi connectivity index (χ4n) is 5.05. The van der Waals surface area contributed by atoms with Crippen LogP contribution >= 0.6 is 0 Å². The van der Waals surface area contributed by atoms with E-state index < -0.39 is 5.97 Å². The topological polar surface area (TPSA) is 105 Å². The van der Waals surface area contributed by atoms with Crippen LogP contribution in [0.25, 0.3) is 0 Å². The van der Waals surface area contributed by atoms with Gasteiger partial charge in [0, 0.05) is 46.5 Å².